The van der Waals surface area contributed by atoms with Gasteiger partial charge in [-0.15, -0.1) is 11.3 Å². The van der Waals surface area contributed by atoms with E-state index in [1.165, 1.54) is 11.3 Å². The van der Waals surface area contributed by atoms with Crippen molar-refractivity contribution in [1.82, 2.24) is 9.47 Å². The standard InChI is InChI=1S/C20H18ClN3O2S/c1-23(2)19(26)16-7-3-5-14(11-16)13-24-9-10-27-20(24)22-18(25)15-6-4-8-17(21)12-15/h3-12H,13H2,1-2H3. The zero-order chi connectivity index (χ0) is 19.4. The van der Waals surface area contributed by atoms with Gasteiger partial charge in [0.25, 0.3) is 11.8 Å². The van der Waals surface area contributed by atoms with Crippen LogP contribution in [0.15, 0.2) is 65.1 Å². The van der Waals surface area contributed by atoms with Crippen molar-refractivity contribution in [3.8, 4) is 0 Å². The van der Waals surface area contributed by atoms with Gasteiger partial charge >= 0.3 is 0 Å². The molecule has 27 heavy (non-hydrogen) atoms. The molecule has 0 fully saturated rings. The summed E-state index contributed by atoms with van der Waals surface area (Å²) in [7, 11) is 3.45. The number of hydrogen-bond donors (Lipinski definition) is 0. The lowest BCUT2D eigenvalue weighted by molar-refractivity contribution is 0.0827. The molecule has 2 aromatic carbocycles. The van der Waals surface area contributed by atoms with Crippen molar-refractivity contribution in [3.63, 3.8) is 0 Å². The maximum Gasteiger partial charge on any atom is 0.279 e. The molecular weight excluding hydrogens is 382 g/mol. The van der Waals surface area contributed by atoms with Gasteiger partial charge in [0.1, 0.15) is 0 Å². The lowest BCUT2D eigenvalue weighted by Crippen LogP contribution is -2.22. The molecule has 0 saturated carbocycles. The van der Waals surface area contributed by atoms with Gasteiger partial charge in [-0.2, -0.15) is 4.99 Å². The number of thiazole rings is 1. The van der Waals surface area contributed by atoms with Crippen LogP contribution >= 0.6 is 22.9 Å². The van der Waals surface area contributed by atoms with Crippen LogP contribution in [-0.2, 0) is 6.54 Å². The zero-order valence-corrected chi connectivity index (χ0v) is 16.5. The monoisotopic (exact) mass is 399 g/mol. The predicted octanol–water partition coefficient (Wildman–Crippen LogP) is 3.69. The second-order valence-electron chi connectivity index (χ2n) is 6.14. The third-order valence-electron chi connectivity index (χ3n) is 3.86. The molecule has 0 aliphatic heterocycles. The van der Waals surface area contributed by atoms with Gasteiger partial charge in [0.2, 0.25) is 0 Å². The summed E-state index contributed by atoms with van der Waals surface area (Å²) in [5, 5.41) is 2.37. The quantitative estimate of drug-likeness (QED) is 0.671. The molecule has 3 aromatic rings. The van der Waals surface area contributed by atoms with Crippen LogP contribution in [0, 0.1) is 0 Å². The van der Waals surface area contributed by atoms with Gasteiger partial charge in [-0.1, -0.05) is 29.8 Å². The van der Waals surface area contributed by atoms with Crippen molar-refractivity contribution in [2.45, 2.75) is 6.54 Å². The fourth-order valence-electron chi connectivity index (χ4n) is 2.54. The van der Waals surface area contributed by atoms with Crippen LogP contribution in [0.1, 0.15) is 26.3 Å². The molecule has 0 aliphatic carbocycles. The molecule has 2 amide bonds. The molecule has 0 unspecified atom stereocenters. The molecule has 0 bridgehead atoms. The summed E-state index contributed by atoms with van der Waals surface area (Å²) >= 11 is 7.32. The Kier molecular flexibility index (Phi) is 5.88. The number of rotatable bonds is 4. The molecule has 1 heterocycles. The van der Waals surface area contributed by atoms with E-state index in [4.69, 9.17) is 11.6 Å². The van der Waals surface area contributed by atoms with Crippen molar-refractivity contribution < 1.29 is 9.59 Å². The molecule has 0 atom stereocenters. The van der Waals surface area contributed by atoms with E-state index in [1.807, 2.05) is 34.3 Å². The lowest BCUT2D eigenvalue weighted by atomic mass is 10.1. The van der Waals surface area contributed by atoms with Crippen LogP contribution < -0.4 is 4.80 Å². The van der Waals surface area contributed by atoms with Gasteiger partial charge in [-0.25, -0.2) is 0 Å². The van der Waals surface area contributed by atoms with E-state index in [2.05, 4.69) is 4.99 Å². The summed E-state index contributed by atoms with van der Waals surface area (Å²) in [5.74, 6) is -0.390. The normalized spacial score (nSPS) is 11.4. The fraction of sp³-hybridized carbons (Fsp3) is 0.150. The molecule has 5 nitrogen and oxygen atoms in total. The highest BCUT2D eigenvalue weighted by atomic mass is 35.5. The van der Waals surface area contributed by atoms with E-state index in [1.54, 1.807) is 49.3 Å². The smallest absolute Gasteiger partial charge is 0.279 e. The minimum Gasteiger partial charge on any atom is -0.345 e. The van der Waals surface area contributed by atoms with Crippen molar-refractivity contribution >= 4 is 34.8 Å². The largest absolute Gasteiger partial charge is 0.345 e. The lowest BCUT2D eigenvalue weighted by Gasteiger charge is -2.11. The molecule has 0 spiro atoms. The summed E-state index contributed by atoms with van der Waals surface area (Å²) in [6.07, 6.45) is 1.87. The topological polar surface area (TPSA) is 54.7 Å². The molecule has 7 heteroatoms. The van der Waals surface area contributed by atoms with Gasteiger partial charge in [0, 0.05) is 48.4 Å². The average Bonchev–Trinajstić information content (AvgIpc) is 3.07. The van der Waals surface area contributed by atoms with Crippen LogP contribution in [0.3, 0.4) is 0 Å². The summed E-state index contributed by atoms with van der Waals surface area (Å²) in [5.41, 5.74) is 2.03. The van der Waals surface area contributed by atoms with Gasteiger partial charge in [-0.05, 0) is 35.9 Å². The number of carbonyl (C=O) groups is 2. The third kappa shape index (κ3) is 4.72. The van der Waals surface area contributed by atoms with E-state index in [9.17, 15) is 9.59 Å². The number of amides is 2. The Morgan fingerprint density at radius 3 is 2.59 bits per heavy atom. The average molecular weight is 400 g/mol. The Hall–Kier alpha value is -2.70. The van der Waals surface area contributed by atoms with E-state index in [-0.39, 0.29) is 11.8 Å². The van der Waals surface area contributed by atoms with E-state index >= 15 is 0 Å². The zero-order valence-electron chi connectivity index (χ0n) is 14.9. The SMILES string of the molecule is CN(C)C(=O)c1cccc(Cn2ccsc2=NC(=O)c2cccc(Cl)c2)c1. The molecular formula is C20H18ClN3O2S. The van der Waals surface area contributed by atoms with Gasteiger partial charge in [0.15, 0.2) is 4.80 Å². The first-order valence-electron chi connectivity index (χ1n) is 8.23. The molecule has 1 aromatic heterocycles. The molecule has 0 N–H and O–H groups in total. The molecule has 0 radical (unpaired) electrons. The summed E-state index contributed by atoms with van der Waals surface area (Å²) in [6, 6.07) is 14.2. The van der Waals surface area contributed by atoms with Crippen molar-refractivity contribution in [1.29, 1.82) is 0 Å². The molecule has 138 valence electrons. The number of aromatic nitrogens is 1. The highest BCUT2D eigenvalue weighted by Gasteiger charge is 2.09. The van der Waals surface area contributed by atoms with Crippen LogP contribution in [0.5, 0.6) is 0 Å². The van der Waals surface area contributed by atoms with Gasteiger partial charge in [-0.3, -0.25) is 9.59 Å². The highest BCUT2D eigenvalue weighted by Crippen LogP contribution is 2.12. The minimum atomic E-state index is -0.342. The third-order valence-corrected chi connectivity index (χ3v) is 4.89. The maximum atomic E-state index is 12.4. The van der Waals surface area contributed by atoms with Gasteiger partial charge in [0.05, 0.1) is 0 Å². The van der Waals surface area contributed by atoms with E-state index in [0.29, 0.717) is 27.5 Å². The van der Waals surface area contributed by atoms with Crippen LogP contribution in [-0.4, -0.2) is 35.4 Å². The van der Waals surface area contributed by atoms with Crippen LogP contribution in [0.4, 0.5) is 0 Å². The highest BCUT2D eigenvalue weighted by molar-refractivity contribution is 7.07. The second-order valence-corrected chi connectivity index (χ2v) is 7.45. The van der Waals surface area contributed by atoms with E-state index in [0.717, 1.165) is 5.56 Å². The van der Waals surface area contributed by atoms with Crippen molar-refractivity contribution in [2.75, 3.05) is 14.1 Å². The molecule has 0 aliphatic rings. The Bertz CT molecular complexity index is 1050. The predicted molar refractivity (Wildman–Crippen MR) is 107 cm³/mol. The first-order chi connectivity index (χ1) is 12.9. The fourth-order valence-corrected chi connectivity index (χ4v) is 3.45. The summed E-state index contributed by atoms with van der Waals surface area (Å²) in [6.45, 7) is 0.514. The Balaban J connectivity index is 1.87. The number of benzene rings is 2. The van der Waals surface area contributed by atoms with Crippen LogP contribution in [0.2, 0.25) is 5.02 Å². The Morgan fingerprint density at radius 2 is 1.85 bits per heavy atom. The van der Waals surface area contributed by atoms with E-state index < -0.39 is 0 Å². The Labute approximate surface area is 166 Å². The number of halogens is 1. The first kappa shape index (κ1) is 19.1. The second kappa shape index (κ2) is 8.33. The van der Waals surface area contributed by atoms with Crippen LogP contribution in [0.25, 0.3) is 0 Å². The Morgan fingerprint density at radius 1 is 1.11 bits per heavy atom. The number of nitrogens with zero attached hydrogens (tertiary/aromatic N) is 3. The molecule has 0 saturated heterocycles. The van der Waals surface area contributed by atoms with Gasteiger partial charge < -0.3 is 9.47 Å². The van der Waals surface area contributed by atoms with Crippen molar-refractivity contribution in [2.24, 2.45) is 4.99 Å². The van der Waals surface area contributed by atoms with Crippen molar-refractivity contribution in [3.05, 3.63) is 86.6 Å². The minimum absolute atomic E-state index is 0.0480. The number of carbonyl (C=O) groups excluding carboxylic acids is 2. The first-order valence-corrected chi connectivity index (χ1v) is 9.49. The summed E-state index contributed by atoms with van der Waals surface area (Å²) < 4.78 is 1.88. The maximum absolute atomic E-state index is 12.4. The molecule has 3 rings (SSSR count). The number of hydrogen-bond acceptors (Lipinski definition) is 3. The summed E-state index contributed by atoms with van der Waals surface area (Å²) in [4.78, 5) is 30.9.